The number of carbonyl (C=O) groups excluding carboxylic acids is 1. The molecule has 1 N–H and O–H groups in total. The average Bonchev–Trinajstić information content (AvgIpc) is 2.49. The van der Waals surface area contributed by atoms with Gasteiger partial charge < -0.3 is 5.32 Å². The normalized spacial score (nSPS) is 10.2. The van der Waals surface area contributed by atoms with Crippen molar-refractivity contribution in [3.05, 3.63) is 65.2 Å². The highest BCUT2D eigenvalue weighted by Crippen LogP contribution is 2.13. The van der Waals surface area contributed by atoms with Crippen molar-refractivity contribution in [1.82, 2.24) is 5.32 Å². The number of benzene rings is 2. The Morgan fingerprint density at radius 1 is 1.14 bits per heavy atom. The van der Waals surface area contributed by atoms with E-state index in [0.29, 0.717) is 13.1 Å². The van der Waals surface area contributed by atoms with Crippen LogP contribution in [0.4, 0.5) is 10.5 Å². The standard InChI is InChI=1S/C17H19ClN2O/c1-2-20(16-9-4-3-5-10-16)17(21)19-12-11-14-7-6-8-15(18)13-14/h3-10,13H,2,11-12H2,1H3,(H,19,21). The molecule has 2 aromatic carbocycles. The number of rotatable bonds is 5. The van der Waals surface area contributed by atoms with Gasteiger partial charge in [0.2, 0.25) is 0 Å². The summed E-state index contributed by atoms with van der Waals surface area (Å²) in [4.78, 5) is 13.9. The Kier molecular flexibility index (Phi) is 5.64. The topological polar surface area (TPSA) is 32.3 Å². The van der Waals surface area contributed by atoms with Crippen LogP contribution in [0.25, 0.3) is 0 Å². The number of urea groups is 1. The minimum absolute atomic E-state index is 0.0780. The number of nitrogens with zero attached hydrogens (tertiary/aromatic N) is 1. The summed E-state index contributed by atoms with van der Waals surface area (Å²) in [6.07, 6.45) is 0.763. The molecule has 0 aliphatic rings. The molecule has 0 saturated heterocycles. The fourth-order valence-electron chi connectivity index (χ4n) is 2.15. The molecule has 0 bridgehead atoms. The lowest BCUT2D eigenvalue weighted by atomic mass is 10.1. The molecule has 0 aliphatic heterocycles. The van der Waals surface area contributed by atoms with Gasteiger partial charge in [-0.3, -0.25) is 4.90 Å². The van der Waals surface area contributed by atoms with E-state index in [2.05, 4.69) is 5.32 Å². The lowest BCUT2D eigenvalue weighted by molar-refractivity contribution is 0.246. The number of hydrogen-bond donors (Lipinski definition) is 1. The Labute approximate surface area is 130 Å². The van der Waals surface area contributed by atoms with Gasteiger partial charge in [-0.15, -0.1) is 0 Å². The van der Waals surface area contributed by atoms with Crippen molar-refractivity contribution in [2.45, 2.75) is 13.3 Å². The fraction of sp³-hybridized carbons (Fsp3) is 0.235. The number of para-hydroxylation sites is 1. The van der Waals surface area contributed by atoms with E-state index in [1.54, 1.807) is 4.90 Å². The summed E-state index contributed by atoms with van der Waals surface area (Å²) in [5.41, 5.74) is 2.02. The first kappa shape index (κ1) is 15.4. The summed E-state index contributed by atoms with van der Waals surface area (Å²) < 4.78 is 0. The smallest absolute Gasteiger partial charge is 0.321 e. The number of carbonyl (C=O) groups is 1. The van der Waals surface area contributed by atoms with Crippen LogP contribution in [0.5, 0.6) is 0 Å². The van der Waals surface area contributed by atoms with Gasteiger partial charge in [-0.25, -0.2) is 4.79 Å². The van der Waals surface area contributed by atoms with E-state index in [9.17, 15) is 4.79 Å². The molecule has 0 atom stereocenters. The van der Waals surface area contributed by atoms with Crippen molar-refractivity contribution in [3.8, 4) is 0 Å². The molecule has 0 saturated carbocycles. The first-order valence-corrected chi connectivity index (χ1v) is 7.43. The molecule has 0 heterocycles. The molecular formula is C17H19ClN2O. The zero-order valence-corrected chi connectivity index (χ0v) is 12.8. The van der Waals surface area contributed by atoms with Crippen LogP contribution in [-0.4, -0.2) is 19.1 Å². The average molecular weight is 303 g/mol. The summed E-state index contributed by atoms with van der Waals surface area (Å²) in [6, 6.07) is 17.3. The van der Waals surface area contributed by atoms with Crippen molar-refractivity contribution >= 4 is 23.3 Å². The Balaban J connectivity index is 1.89. The van der Waals surface area contributed by atoms with E-state index in [1.165, 1.54) is 0 Å². The maximum Gasteiger partial charge on any atom is 0.321 e. The number of amides is 2. The second kappa shape index (κ2) is 7.70. The summed E-state index contributed by atoms with van der Waals surface area (Å²) >= 11 is 5.94. The molecular weight excluding hydrogens is 284 g/mol. The zero-order valence-electron chi connectivity index (χ0n) is 12.1. The van der Waals surface area contributed by atoms with Crippen LogP contribution in [0, 0.1) is 0 Å². The second-order valence-corrected chi connectivity index (χ2v) is 5.13. The molecule has 2 amide bonds. The molecule has 0 aromatic heterocycles. The maximum absolute atomic E-state index is 12.2. The molecule has 2 rings (SSSR count). The van der Waals surface area contributed by atoms with E-state index < -0.39 is 0 Å². The van der Waals surface area contributed by atoms with Gasteiger partial charge >= 0.3 is 6.03 Å². The highest BCUT2D eigenvalue weighted by Gasteiger charge is 2.12. The molecule has 0 fully saturated rings. The molecule has 0 aliphatic carbocycles. The van der Waals surface area contributed by atoms with Gasteiger partial charge in [-0.1, -0.05) is 41.9 Å². The Bertz CT molecular complexity index is 586. The molecule has 3 nitrogen and oxygen atoms in total. The van der Waals surface area contributed by atoms with Crippen LogP contribution in [0.15, 0.2) is 54.6 Å². The van der Waals surface area contributed by atoms with Crippen LogP contribution >= 0.6 is 11.6 Å². The quantitative estimate of drug-likeness (QED) is 0.885. The monoisotopic (exact) mass is 302 g/mol. The van der Waals surface area contributed by atoms with Gasteiger partial charge in [0.15, 0.2) is 0 Å². The third-order valence-electron chi connectivity index (χ3n) is 3.21. The van der Waals surface area contributed by atoms with Crippen LogP contribution in [0.2, 0.25) is 5.02 Å². The Morgan fingerprint density at radius 2 is 1.90 bits per heavy atom. The Hall–Kier alpha value is -2.00. The van der Waals surface area contributed by atoms with Crippen LogP contribution in [0.3, 0.4) is 0 Å². The second-order valence-electron chi connectivity index (χ2n) is 4.69. The molecule has 2 aromatic rings. The first-order chi connectivity index (χ1) is 10.2. The number of nitrogens with one attached hydrogen (secondary N) is 1. The van der Waals surface area contributed by atoms with Gasteiger partial charge in [0.05, 0.1) is 0 Å². The highest BCUT2D eigenvalue weighted by atomic mass is 35.5. The number of anilines is 1. The van der Waals surface area contributed by atoms with Gasteiger partial charge in [0, 0.05) is 23.8 Å². The van der Waals surface area contributed by atoms with Crippen molar-refractivity contribution < 1.29 is 4.79 Å². The third-order valence-corrected chi connectivity index (χ3v) is 3.44. The summed E-state index contributed by atoms with van der Waals surface area (Å²) in [5, 5.41) is 3.66. The van der Waals surface area contributed by atoms with Gasteiger partial charge in [-0.05, 0) is 43.2 Å². The van der Waals surface area contributed by atoms with Gasteiger partial charge in [0.25, 0.3) is 0 Å². The SMILES string of the molecule is CCN(C(=O)NCCc1cccc(Cl)c1)c1ccccc1. The number of halogens is 1. The number of hydrogen-bond acceptors (Lipinski definition) is 1. The highest BCUT2D eigenvalue weighted by molar-refractivity contribution is 6.30. The van der Waals surface area contributed by atoms with E-state index in [0.717, 1.165) is 22.7 Å². The minimum Gasteiger partial charge on any atom is -0.337 e. The van der Waals surface area contributed by atoms with Crippen molar-refractivity contribution in [2.24, 2.45) is 0 Å². The van der Waals surface area contributed by atoms with E-state index in [-0.39, 0.29) is 6.03 Å². The van der Waals surface area contributed by atoms with Crippen LogP contribution in [-0.2, 0) is 6.42 Å². The molecule has 0 unspecified atom stereocenters. The molecule has 4 heteroatoms. The fourth-order valence-corrected chi connectivity index (χ4v) is 2.37. The van der Waals surface area contributed by atoms with Crippen molar-refractivity contribution in [3.63, 3.8) is 0 Å². The first-order valence-electron chi connectivity index (χ1n) is 7.05. The summed E-state index contributed by atoms with van der Waals surface area (Å²) in [6.45, 7) is 3.18. The lowest BCUT2D eigenvalue weighted by Gasteiger charge is -2.21. The summed E-state index contributed by atoms with van der Waals surface area (Å²) in [5.74, 6) is 0. The molecule has 0 spiro atoms. The summed E-state index contributed by atoms with van der Waals surface area (Å²) in [7, 11) is 0. The van der Waals surface area contributed by atoms with E-state index in [1.807, 2.05) is 61.5 Å². The van der Waals surface area contributed by atoms with Crippen molar-refractivity contribution in [1.29, 1.82) is 0 Å². The molecule has 21 heavy (non-hydrogen) atoms. The maximum atomic E-state index is 12.2. The van der Waals surface area contributed by atoms with Gasteiger partial charge in [0.1, 0.15) is 0 Å². The van der Waals surface area contributed by atoms with Gasteiger partial charge in [-0.2, -0.15) is 0 Å². The van der Waals surface area contributed by atoms with Crippen LogP contribution < -0.4 is 10.2 Å². The van der Waals surface area contributed by atoms with Crippen LogP contribution in [0.1, 0.15) is 12.5 Å². The van der Waals surface area contributed by atoms with E-state index in [4.69, 9.17) is 11.6 Å². The largest absolute Gasteiger partial charge is 0.337 e. The minimum atomic E-state index is -0.0780. The molecule has 110 valence electrons. The Morgan fingerprint density at radius 3 is 2.57 bits per heavy atom. The van der Waals surface area contributed by atoms with Crippen molar-refractivity contribution in [2.75, 3.05) is 18.0 Å². The molecule has 0 radical (unpaired) electrons. The van der Waals surface area contributed by atoms with E-state index >= 15 is 0 Å². The lowest BCUT2D eigenvalue weighted by Crippen LogP contribution is -2.40. The zero-order chi connectivity index (χ0) is 15.1. The predicted octanol–water partition coefficient (Wildman–Crippen LogP) is 4.12. The third kappa shape index (κ3) is 4.50. The predicted molar refractivity (Wildman–Crippen MR) is 88.0 cm³/mol.